The summed E-state index contributed by atoms with van der Waals surface area (Å²) in [5, 5.41) is 0. The van der Waals surface area contributed by atoms with E-state index in [1.54, 1.807) is 64.9 Å². The van der Waals surface area contributed by atoms with Crippen molar-refractivity contribution in [1.29, 1.82) is 0 Å². The summed E-state index contributed by atoms with van der Waals surface area (Å²) in [7, 11) is 1.72. The number of imidazole rings is 3. The second-order valence-corrected chi connectivity index (χ2v) is 9.73. The number of fused-ring (bicyclic) bond motifs is 3. The fraction of sp³-hybridized carbons (Fsp3) is 0.333. The molecule has 0 bridgehead atoms. The van der Waals surface area contributed by atoms with Crippen molar-refractivity contribution >= 4 is 49.5 Å². The molecule has 0 unspecified atom stereocenters. The number of nitrogens with zero attached hydrogens (tertiary/aromatic N) is 9. The molecule has 0 atom stereocenters. The van der Waals surface area contributed by atoms with Gasteiger partial charge < -0.3 is 0 Å². The molecular formula is C18H21N9O3S3. The zero-order chi connectivity index (χ0) is 23.5. The van der Waals surface area contributed by atoms with Crippen molar-refractivity contribution < 1.29 is 0 Å². The van der Waals surface area contributed by atoms with Gasteiger partial charge in [-0.3, -0.25) is 0 Å². The Morgan fingerprint density at radius 1 is 0.697 bits per heavy atom. The molecule has 12 nitrogen and oxygen atoms in total. The molecule has 0 aromatic carbocycles. The average molecular weight is 508 g/mol. The Balaban J connectivity index is 0.000000118. The SMILES string of the molecule is CCCn1sc2nccn2c1=O.CCn1sc2nccn2c1=O.Cn1sc2nccn2c1=O. The molecule has 0 radical (unpaired) electrons. The van der Waals surface area contributed by atoms with Gasteiger partial charge in [0, 0.05) is 57.3 Å². The molecule has 0 saturated carbocycles. The topological polar surface area (TPSA) is 118 Å². The van der Waals surface area contributed by atoms with Gasteiger partial charge in [0.25, 0.3) is 0 Å². The van der Waals surface area contributed by atoms with Gasteiger partial charge in [-0.1, -0.05) is 6.92 Å². The van der Waals surface area contributed by atoms with Gasteiger partial charge >= 0.3 is 17.1 Å². The van der Waals surface area contributed by atoms with Crippen molar-refractivity contribution in [3.63, 3.8) is 0 Å². The maximum atomic E-state index is 11.5. The summed E-state index contributed by atoms with van der Waals surface area (Å²) in [6.07, 6.45) is 10.9. The van der Waals surface area contributed by atoms with Gasteiger partial charge in [-0.2, -0.15) is 0 Å². The lowest BCUT2D eigenvalue weighted by Crippen LogP contribution is -2.18. The van der Waals surface area contributed by atoms with Gasteiger partial charge in [-0.15, -0.1) is 0 Å². The first-order chi connectivity index (χ1) is 15.9. The van der Waals surface area contributed by atoms with E-state index >= 15 is 0 Å². The number of aromatic nitrogens is 9. The van der Waals surface area contributed by atoms with Crippen LogP contribution in [0.2, 0.25) is 0 Å². The van der Waals surface area contributed by atoms with Crippen LogP contribution in [0.3, 0.4) is 0 Å². The Labute approximate surface area is 198 Å². The fourth-order valence-electron chi connectivity index (χ4n) is 2.88. The van der Waals surface area contributed by atoms with Gasteiger partial charge in [0.15, 0.2) is 0 Å². The molecule has 6 aromatic heterocycles. The third-order valence-corrected chi connectivity index (χ3v) is 7.47. The molecule has 0 aliphatic carbocycles. The van der Waals surface area contributed by atoms with Crippen molar-refractivity contribution in [2.75, 3.05) is 0 Å². The van der Waals surface area contributed by atoms with Crippen LogP contribution in [0.4, 0.5) is 0 Å². The Morgan fingerprint density at radius 3 is 1.61 bits per heavy atom. The summed E-state index contributed by atoms with van der Waals surface area (Å²) in [5.74, 6) is 0. The normalized spacial score (nSPS) is 11.0. The van der Waals surface area contributed by atoms with E-state index in [9.17, 15) is 14.4 Å². The van der Waals surface area contributed by atoms with Gasteiger partial charge in [-0.25, -0.2) is 54.4 Å². The fourth-order valence-corrected chi connectivity index (χ4v) is 5.43. The molecule has 6 aromatic rings. The lowest BCUT2D eigenvalue weighted by molar-refractivity contribution is 0.693. The van der Waals surface area contributed by atoms with Gasteiger partial charge in [0.05, 0.1) is 0 Å². The average Bonchev–Trinajstić information content (AvgIpc) is 3.62. The molecule has 0 amide bonds. The van der Waals surface area contributed by atoms with E-state index in [4.69, 9.17) is 0 Å². The van der Waals surface area contributed by atoms with E-state index in [-0.39, 0.29) is 17.1 Å². The third kappa shape index (κ3) is 4.46. The second kappa shape index (κ2) is 9.68. The highest BCUT2D eigenvalue weighted by atomic mass is 32.1. The van der Waals surface area contributed by atoms with Crippen LogP contribution in [0.1, 0.15) is 20.3 Å². The molecule has 0 aliphatic rings. The Bertz CT molecular complexity index is 1670. The lowest BCUT2D eigenvalue weighted by Gasteiger charge is -1.91. The summed E-state index contributed by atoms with van der Waals surface area (Å²) in [6, 6.07) is 0. The standard InChI is InChI=1S/C7H9N3OS.C6H7N3OS.C5H5N3OS/c1-2-4-10-7(11)9-5-3-8-6(9)12-10;1-2-9-6(10)8-4-3-7-5(8)11-9;1-7-5(9)8-3-2-6-4(8)10-7/h3,5H,2,4H2,1H3;3-4H,2H2,1H3;2-3H,1H3. The maximum absolute atomic E-state index is 11.5. The minimum absolute atomic E-state index is 0.00463. The van der Waals surface area contributed by atoms with E-state index in [0.717, 1.165) is 27.8 Å². The van der Waals surface area contributed by atoms with Gasteiger partial charge in [0.2, 0.25) is 14.9 Å². The zero-order valence-corrected chi connectivity index (χ0v) is 20.5. The first kappa shape index (κ1) is 22.9. The molecule has 0 fully saturated rings. The highest BCUT2D eigenvalue weighted by molar-refractivity contribution is 7.12. The number of rotatable bonds is 3. The van der Waals surface area contributed by atoms with E-state index in [1.807, 2.05) is 6.92 Å². The molecule has 33 heavy (non-hydrogen) atoms. The molecule has 0 N–H and O–H groups in total. The smallest absolute Gasteiger partial charge is 0.249 e. The van der Waals surface area contributed by atoms with Crippen LogP contribution < -0.4 is 17.1 Å². The maximum Gasteiger partial charge on any atom is 0.343 e. The molecule has 0 aliphatic heterocycles. The molecule has 0 spiro atoms. The van der Waals surface area contributed by atoms with Crippen molar-refractivity contribution in [2.45, 2.75) is 33.4 Å². The summed E-state index contributed by atoms with van der Waals surface area (Å²) < 4.78 is 9.58. The van der Waals surface area contributed by atoms with E-state index in [0.29, 0.717) is 6.54 Å². The first-order valence-electron chi connectivity index (χ1n) is 10.00. The molecule has 174 valence electrons. The Kier molecular flexibility index (Phi) is 6.71. The van der Waals surface area contributed by atoms with Crippen LogP contribution >= 0.6 is 34.6 Å². The monoisotopic (exact) mass is 507 g/mol. The highest BCUT2D eigenvalue weighted by Crippen LogP contribution is 2.05. The van der Waals surface area contributed by atoms with Crippen LogP contribution in [0.25, 0.3) is 14.9 Å². The Hall–Kier alpha value is -3.30. The van der Waals surface area contributed by atoms with Crippen molar-refractivity contribution in [2.24, 2.45) is 7.05 Å². The lowest BCUT2D eigenvalue weighted by atomic mass is 10.5. The van der Waals surface area contributed by atoms with Crippen LogP contribution in [0.5, 0.6) is 0 Å². The summed E-state index contributed by atoms with van der Waals surface area (Å²) in [5.41, 5.74) is -0.00292. The van der Waals surface area contributed by atoms with Crippen LogP contribution in [-0.4, -0.2) is 40.0 Å². The number of aryl methyl sites for hydroxylation is 3. The largest absolute Gasteiger partial charge is 0.343 e. The zero-order valence-electron chi connectivity index (χ0n) is 18.1. The van der Waals surface area contributed by atoms with E-state index in [1.165, 1.54) is 39.0 Å². The quantitative estimate of drug-likeness (QED) is 0.359. The minimum atomic E-state index is -0.0301. The Morgan fingerprint density at radius 2 is 1.15 bits per heavy atom. The molecular weight excluding hydrogens is 486 g/mol. The van der Waals surface area contributed by atoms with Crippen molar-refractivity contribution in [3.8, 4) is 0 Å². The van der Waals surface area contributed by atoms with Crippen LogP contribution in [-0.2, 0) is 20.1 Å². The minimum Gasteiger partial charge on any atom is -0.249 e. The van der Waals surface area contributed by atoms with Crippen molar-refractivity contribution in [3.05, 3.63) is 68.6 Å². The molecule has 6 rings (SSSR count). The number of hydrogen-bond acceptors (Lipinski definition) is 9. The summed E-state index contributed by atoms with van der Waals surface area (Å²) in [4.78, 5) is 48.2. The molecule has 6 heterocycles. The third-order valence-electron chi connectivity index (χ3n) is 4.45. The predicted octanol–water partition coefficient (Wildman–Crippen LogP) is 1.64. The highest BCUT2D eigenvalue weighted by Gasteiger charge is 2.05. The van der Waals surface area contributed by atoms with E-state index < -0.39 is 0 Å². The van der Waals surface area contributed by atoms with E-state index in [2.05, 4.69) is 21.9 Å². The first-order valence-corrected chi connectivity index (χ1v) is 12.3. The van der Waals surface area contributed by atoms with Gasteiger partial charge in [-0.05, 0) is 47.9 Å². The predicted molar refractivity (Wildman–Crippen MR) is 129 cm³/mol. The molecule has 15 heteroatoms. The molecule has 0 saturated heterocycles. The van der Waals surface area contributed by atoms with Gasteiger partial charge in [0.1, 0.15) is 0 Å². The number of hydrogen-bond donors (Lipinski definition) is 0. The van der Waals surface area contributed by atoms with Crippen LogP contribution in [0, 0.1) is 0 Å². The van der Waals surface area contributed by atoms with Crippen molar-refractivity contribution in [1.82, 2.24) is 40.0 Å². The van der Waals surface area contributed by atoms with Crippen LogP contribution in [0.15, 0.2) is 51.6 Å². The summed E-state index contributed by atoms with van der Waals surface area (Å²) in [6.45, 7) is 5.49. The summed E-state index contributed by atoms with van der Waals surface area (Å²) >= 11 is 4.14. The second-order valence-electron chi connectivity index (χ2n) is 6.66.